The maximum absolute atomic E-state index is 12.0. The zero-order valence-electron chi connectivity index (χ0n) is 11.9. The highest BCUT2D eigenvalue weighted by Crippen LogP contribution is 2.24. The lowest BCUT2D eigenvalue weighted by Gasteiger charge is -2.10. The van der Waals surface area contributed by atoms with Gasteiger partial charge in [0.1, 0.15) is 12.4 Å². The van der Waals surface area contributed by atoms with Gasteiger partial charge in [-0.25, -0.2) is 4.79 Å². The van der Waals surface area contributed by atoms with E-state index in [1.54, 1.807) is 25.3 Å². The largest absolute Gasteiger partial charge is 0.496 e. The molecule has 0 saturated carbocycles. The average molecular weight is 350 g/mol. The fraction of sp³-hybridized carbons (Fsp3) is 0.188. The predicted octanol–water partition coefficient (Wildman–Crippen LogP) is 3.71. The van der Waals surface area contributed by atoms with Gasteiger partial charge >= 0.3 is 5.97 Å². The van der Waals surface area contributed by atoms with Crippen LogP contribution in [0.15, 0.2) is 40.9 Å². The molecule has 5 heteroatoms. The number of rotatable bonds is 4. The molecule has 0 aliphatic carbocycles. The van der Waals surface area contributed by atoms with Crippen LogP contribution in [0, 0.1) is 6.92 Å². The summed E-state index contributed by atoms with van der Waals surface area (Å²) >= 11 is 3.38. The van der Waals surface area contributed by atoms with Gasteiger partial charge in [0.15, 0.2) is 0 Å². The van der Waals surface area contributed by atoms with E-state index >= 15 is 0 Å². The fourth-order valence-corrected chi connectivity index (χ4v) is 2.26. The molecule has 2 aromatic rings. The molecule has 0 fully saturated rings. The second kappa shape index (κ2) is 6.63. The Hall–Kier alpha value is -2.01. The number of hydrogen-bond acceptors (Lipinski definition) is 4. The van der Waals surface area contributed by atoms with E-state index in [1.165, 1.54) is 0 Å². The highest BCUT2D eigenvalue weighted by Gasteiger charge is 2.11. The van der Waals surface area contributed by atoms with Gasteiger partial charge < -0.3 is 15.2 Å². The molecule has 2 aromatic carbocycles. The average Bonchev–Trinajstić information content (AvgIpc) is 2.47. The Balaban J connectivity index is 2.10. The zero-order valence-corrected chi connectivity index (χ0v) is 13.4. The molecular formula is C16H16BrNO3. The number of nitrogen functional groups attached to an aromatic ring is 1. The van der Waals surface area contributed by atoms with E-state index in [-0.39, 0.29) is 6.61 Å². The van der Waals surface area contributed by atoms with Crippen molar-refractivity contribution in [1.82, 2.24) is 0 Å². The van der Waals surface area contributed by atoms with Crippen molar-refractivity contribution in [2.45, 2.75) is 13.5 Å². The summed E-state index contributed by atoms with van der Waals surface area (Å²) in [6, 6.07) is 10.7. The Morgan fingerprint density at radius 2 is 2.00 bits per heavy atom. The third kappa shape index (κ3) is 3.76. The van der Waals surface area contributed by atoms with Crippen LogP contribution in [-0.2, 0) is 11.3 Å². The van der Waals surface area contributed by atoms with Crippen LogP contribution < -0.4 is 10.5 Å². The highest BCUT2D eigenvalue weighted by molar-refractivity contribution is 9.10. The number of aryl methyl sites for hydroxylation is 1. The van der Waals surface area contributed by atoms with Gasteiger partial charge in [-0.3, -0.25) is 0 Å². The lowest BCUT2D eigenvalue weighted by Crippen LogP contribution is -2.07. The van der Waals surface area contributed by atoms with E-state index in [1.807, 2.05) is 25.1 Å². The molecule has 0 unspecified atom stereocenters. The predicted molar refractivity (Wildman–Crippen MR) is 85.4 cm³/mol. The Bertz CT molecular complexity index is 671. The normalized spacial score (nSPS) is 10.2. The minimum absolute atomic E-state index is 0.134. The summed E-state index contributed by atoms with van der Waals surface area (Å²) in [6.07, 6.45) is 0. The topological polar surface area (TPSA) is 61.5 Å². The number of halogens is 1. The second-order valence-corrected chi connectivity index (χ2v) is 5.52. The number of ether oxygens (including phenoxy) is 2. The van der Waals surface area contributed by atoms with E-state index in [0.717, 1.165) is 15.6 Å². The van der Waals surface area contributed by atoms with Crippen LogP contribution in [0.5, 0.6) is 5.75 Å². The summed E-state index contributed by atoms with van der Waals surface area (Å²) in [5, 5.41) is 0. The monoisotopic (exact) mass is 349 g/mol. The van der Waals surface area contributed by atoms with Gasteiger partial charge in [0.25, 0.3) is 0 Å². The van der Waals surface area contributed by atoms with E-state index in [9.17, 15) is 4.79 Å². The van der Waals surface area contributed by atoms with Crippen LogP contribution >= 0.6 is 15.9 Å². The number of nitrogens with two attached hydrogens (primary N) is 1. The van der Waals surface area contributed by atoms with Crippen molar-refractivity contribution in [3.8, 4) is 5.75 Å². The third-order valence-corrected chi connectivity index (χ3v) is 3.61. The minimum atomic E-state index is -0.413. The molecule has 0 atom stereocenters. The molecule has 0 saturated heterocycles. The van der Waals surface area contributed by atoms with Crippen molar-refractivity contribution in [3.63, 3.8) is 0 Å². The summed E-state index contributed by atoms with van der Waals surface area (Å²) < 4.78 is 11.4. The quantitative estimate of drug-likeness (QED) is 0.675. The van der Waals surface area contributed by atoms with Gasteiger partial charge in [-0.05, 0) is 42.8 Å². The molecule has 0 aromatic heterocycles. The van der Waals surface area contributed by atoms with Crippen LogP contribution in [0.1, 0.15) is 21.5 Å². The van der Waals surface area contributed by atoms with Crippen LogP contribution in [0.3, 0.4) is 0 Å². The highest BCUT2D eigenvalue weighted by atomic mass is 79.9. The number of carbonyl (C=O) groups excluding carboxylic acids is 1. The Morgan fingerprint density at radius 3 is 2.67 bits per heavy atom. The Labute approximate surface area is 132 Å². The number of carbonyl (C=O) groups is 1. The van der Waals surface area contributed by atoms with Crippen molar-refractivity contribution in [1.29, 1.82) is 0 Å². The smallest absolute Gasteiger partial charge is 0.338 e. The first-order valence-electron chi connectivity index (χ1n) is 6.37. The van der Waals surface area contributed by atoms with Gasteiger partial charge in [-0.2, -0.15) is 0 Å². The van der Waals surface area contributed by atoms with Gasteiger partial charge in [0, 0.05) is 15.7 Å². The van der Waals surface area contributed by atoms with Crippen molar-refractivity contribution < 1.29 is 14.3 Å². The molecule has 110 valence electrons. The molecule has 0 amide bonds. The maximum Gasteiger partial charge on any atom is 0.338 e. The van der Waals surface area contributed by atoms with E-state index < -0.39 is 5.97 Å². The van der Waals surface area contributed by atoms with E-state index in [2.05, 4.69) is 15.9 Å². The summed E-state index contributed by atoms with van der Waals surface area (Å²) in [4.78, 5) is 12.0. The molecule has 4 nitrogen and oxygen atoms in total. The lowest BCUT2D eigenvalue weighted by molar-refractivity contribution is 0.0470. The zero-order chi connectivity index (χ0) is 15.4. The van der Waals surface area contributed by atoms with Gasteiger partial charge in [0.2, 0.25) is 0 Å². The summed E-state index contributed by atoms with van der Waals surface area (Å²) in [7, 11) is 1.58. The fourth-order valence-electron chi connectivity index (χ4n) is 1.85. The van der Waals surface area contributed by atoms with Gasteiger partial charge in [-0.1, -0.05) is 22.0 Å². The number of esters is 1. The van der Waals surface area contributed by atoms with Crippen LogP contribution in [-0.4, -0.2) is 13.1 Å². The molecule has 0 bridgehead atoms. The SMILES string of the molecule is COc1ccc(Br)cc1COC(=O)c1ccc(C)c(N)c1. The molecule has 2 N–H and O–H groups in total. The molecule has 0 heterocycles. The van der Waals surface area contributed by atoms with Crippen molar-refractivity contribution in [2.24, 2.45) is 0 Å². The van der Waals surface area contributed by atoms with Crippen molar-refractivity contribution >= 4 is 27.6 Å². The van der Waals surface area contributed by atoms with Gasteiger partial charge in [-0.15, -0.1) is 0 Å². The molecule has 2 rings (SSSR count). The summed E-state index contributed by atoms with van der Waals surface area (Å²) in [6.45, 7) is 2.02. The van der Waals surface area contributed by atoms with Crippen LogP contribution in [0.2, 0.25) is 0 Å². The lowest BCUT2D eigenvalue weighted by atomic mass is 10.1. The summed E-state index contributed by atoms with van der Waals surface area (Å²) in [5.41, 5.74) is 8.53. The van der Waals surface area contributed by atoms with Crippen molar-refractivity contribution in [2.75, 3.05) is 12.8 Å². The first-order valence-corrected chi connectivity index (χ1v) is 7.16. The van der Waals surface area contributed by atoms with E-state index in [0.29, 0.717) is 17.0 Å². The molecule has 21 heavy (non-hydrogen) atoms. The third-order valence-electron chi connectivity index (χ3n) is 3.12. The Morgan fingerprint density at radius 1 is 1.24 bits per heavy atom. The minimum Gasteiger partial charge on any atom is -0.496 e. The van der Waals surface area contributed by atoms with Crippen LogP contribution in [0.25, 0.3) is 0 Å². The summed E-state index contributed by atoms with van der Waals surface area (Å²) in [5.74, 6) is 0.262. The van der Waals surface area contributed by atoms with Crippen molar-refractivity contribution in [3.05, 3.63) is 57.6 Å². The molecule has 0 aliphatic rings. The molecular weight excluding hydrogens is 334 g/mol. The molecule has 0 spiro atoms. The standard InChI is InChI=1S/C16H16BrNO3/c1-10-3-4-11(8-14(10)18)16(19)21-9-12-7-13(17)5-6-15(12)20-2/h3-8H,9,18H2,1-2H3. The first kappa shape index (κ1) is 15.4. The Kier molecular flexibility index (Phi) is 4.85. The first-order chi connectivity index (χ1) is 10.0. The molecule has 0 radical (unpaired) electrons. The second-order valence-electron chi connectivity index (χ2n) is 4.60. The number of methoxy groups -OCH3 is 1. The maximum atomic E-state index is 12.0. The number of anilines is 1. The van der Waals surface area contributed by atoms with Crippen LogP contribution in [0.4, 0.5) is 5.69 Å². The van der Waals surface area contributed by atoms with E-state index in [4.69, 9.17) is 15.2 Å². The number of hydrogen-bond donors (Lipinski definition) is 1. The number of benzene rings is 2. The van der Waals surface area contributed by atoms with Gasteiger partial charge in [0.05, 0.1) is 12.7 Å². The molecule has 0 aliphatic heterocycles.